The Balaban J connectivity index is 1.56. The zero-order chi connectivity index (χ0) is 17.1. The Morgan fingerprint density at radius 3 is 3.04 bits per heavy atom. The number of rotatable bonds is 2. The van der Waals surface area contributed by atoms with Crippen molar-refractivity contribution in [2.24, 2.45) is 5.92 Å². The van der Waals surface area contributed by atoms with Gasteiger partial charge in [0.25, 0.3) is 0 Å². The number of likely N-dealkylation sites (tertiary alicyclic amines) is 1. The van der Waals surface area contributed by atoms with Crippen LogP contribution < -0.4 is 10.6 Å². The van der Waals surface area contributed by atoms with Crippen LogP contribution in [0, 0.1) is 5.92 Å². The monoisotopic (exact) mass is 332 g/mol. The molecule has 9 nitrogen and oxygen atoms in total. The number of fused-ring (bicyclic) bond motifs is 1. The van der Waals surface area contributed by atoms with E-state index in [-0.39, 0.29) is 24.1 Å². The van der Waals surface area contributed by atoms with E-state index < -0.39 is 0 Å². The summed E-state index contributed by atoms with van der Waals surface area (Å²) in [4.78, 5) is 36.8. The second-order valence-electron chi connectivity index (χ2n) is 5.85. The van der Waals surface area contributed by atoms with Gasteiger partial charge in [-0.1, -0.05) is 6.92 Å². The van der Waals surface area contributed by atoms with Gasteiger partial charge < -0.3 is 19.9 Å². The molecule has 1 saturated heterocycles. The number of methoxy groups -OCH3 is 1. The van der Waals surface area contributed by atoms with Crippen LogP contribution in [0.4, 0.5) is 15.4 Å². The Bertz CT molecular complexity index is 746. The van der Waals surface area contributed by atoms with Crippen molar-refractivity contribution < 1.29 is 14.3 Å². The van der Waals surface area contributed by atoms with E-state index in [9.17, 15) is 9.59 Å². The number of anilines is 1. The Kier molecular flexibility index (Phi) is 4.50. The van der Waals surface area contributed by atoms with E-state index in [0.29, 0.717) is 36.5 Å². The topological polar surface area (TPSA) is 112 Å². The van der Waals surface area contributed by atoms with Gasteiger partial charge in [0.2, 0.25) is 0 Å². The molecule has 0 aliphatic carbocycles. The first-order chi connectivity index (χ1) is 11.6. The van der Waals surface area contributed by atoms with Gasteiger partial charge in [-0.3, -0.25) is 5.32 Å². The van der Waals surface area contributed by atoms with Gasteiger partial charge in [-0.15, -0.1) is 0 Å². The zero-order valence-electron chi connectivity index (χ0n) is 13.6. The van der Waals surface area contributed by atoms with E-state index in [1.165, 1.54) is 13.3 Å². The minimum absolute atomic E-state index is 0.0187. The number of aromatic nitrogens is 3. The highest BCUT2D eigenvalue weighted by atomic mass is 16.5. The number of ether oxygens (including phenoxy) is 1. The fraction of sp³-hybridized carbons (Fsp3) is 0.467. The zero-order valence-corrected chi connectivity index (χ0v) is 13.6. The fourth-order valence-electron chi connectivity index (χ4n) is 2.87. The van der Waals surface area contributed by atoms with Crippen molar-refractivity contribution in [3.63, 3.8) is 0 Å². The van der Waals surface area contributed by atoms with Gasteiger partial charge in [0.05, 0.1) is 13.3 Å². The Hall–Kier alpha value is -2.84. The molecule has 128 valence electrons. The van der Waals surface area contributed by atoms with Crippen molar-refractivity contribution in [2.75, 3.05) is 25.5 Å². The number of amides is 3. The number of nitrogens with one attached hydrogen (secondary N) is 3. The van der Waals surface area contributed by atoms with E-state index in [2.05, 4.69) is 25.6 Å². The third-order valence-electron chi connectivity index (χ3n) is 4.16. The summed E-state index contributed by atoms with van der Waals surface area (Å²) in [5.74, 6) is 0.515. The molecular weight excluding hydrogens is 312 g/mol. The van der Waals surface area contributed by atoms with Crippen LogP contribution in [0.25, 0.3) is 11.2 Å². The number of urea groups is 1. The molecule has 0 bridgehead atoms. The van der Waals surface area contributed by atoms with Crippen LogP contribution >= 0.6 is 0 Å². The van der Waals surface area contributed by atoms with Gasteiger partial charge in [0.1, 0.15) is 5.52 Å². The summed E-state index contributed by atoms with van der Waals surface area (Å²) in [6, 6.07) is 1.44. The first-order valence-electron chi connectivity index (χ1n) is 7.77. The summed E-state index contributed by atoms with van der Waals surface area (Å²) < 4.78 is 4.73. The molecule has 9 heteroatoms. The maximum Gasteiger partial charge on any atom is 0.409 e. The van der Waals surface area contributed by atoms with Crippen molar-refractivity contribution in [1.82, 2.24) is 25.2 Å². The van der Waals surface area contributed by atoms with Crippen molar-refractivity contribution in [3.8, 4) is 0 Å². The molecule has 2 atom stereocenters. The van der Waals surface area contributed by atoms with Crippen molar-refractivity contribution in [1.29, 1.82) is 0 Å². The lowest BCUT2D eigenvalue weighted by atomic mass is 9.94. The number of carbonyl (C=O) groups is 2. The summed E-state index contributed by atoms with van der Waals surface area (Å²) in [6.07, 6.45) is 3.58. The molecule has 0 spiro atoms. The number of piperidine rings is 1. The molecule has 3 N–H and O–H groups in total. The molecule has 2 aromatic rings. The highest BCUT2D eigenvalue weighted by Gasteiger charge is 2.30. The lowest BCUT2D eigenvalue weighted by molar-refractivity contribution is 0.0960. The van der Waals surface area contributed by atoms with E-state index in [0.717, 1.165) is 0 Å². The first kappa shape index (κ1) is 16.0. The van der Waals surface area contributed by atoms with Crippen molar-refractivity contribution >= 4 is 29.1 Å². The second kappa shape index (κ2) is 6.73. The molecule has 0 saturated carbocycles. The predicted molar refractivity (Wildman–Crippen MR) is 87.6 cm³/mol. The maximum absolute atomic E-state index is 12.2. The summed E-state index contributed by atoms with van der Waals surface area (Å²) in [5.41, 5.74) is 1.36. The highest BCUT2D eigenvalue weighted by Crippen LogP contribution is 2.18. The van der Waals surface area contributed by atoms with E-state index >= 15 is 0 Å². The number of H-pyrrole nitrogens is 1. The average Bonchev–Trinajstić information content (AvgIpc) is 3.03. The molecule has 1 fully saturated rings. The SMILES string of the molecule is COC(=O)N1CC[C@H](NC(=O)Nc2cnc3[nH]ccc3n2)[C@H](C)C1. The third kappa shape index (κ3) is 3.39. The third-order valence-corrected chi connectivity index (χ3v) is 4.16. The number of hydrogen-bond donors (Lipinski definition) is 3. The molecule has 0 unspecified atom stereocenters. The van der Waals surface area contributed by atoms with Crippen LogP contribution in [0.5, 0.6) is 0 Å². The number of hydrogen-bond acceptors (Lipinski definition) is 5. The van der Waals surface area contributed by atoms with E-state index in [4.69, 9.17) is 4.74 Å². The minimum Gasteiger partial charge on any atom is -0.453 e. The minimum atomic E-state index is -0.333. The van der Waals surface area contributed by atoms with E-state index in [1.807, 2.05) is 6.92 Å². The van der Waals surface area contributed by atoms with Gasteiger partial charge >= 0.3 is 12.1 Å². The molecule has 1 aliphatic rings. The molecule has 1 aliphatic heterocycles. The molecule has 3 amide bonds. The van der Waals surface area contributed by atoms with Crippen LogP contribution in [0.15, 0.2) is 18.5 Å². The quantitative estimate of drug-likeness (QED) is 0.772. The molecule has 3 rings (SSSR count). The smallest absolute Gasteiger partial charge is 0.409 e. The normalized spacial score (nSPS) is 20.7. The van der Waals surface area contributed by atoms with Crippen LogP contribution in [-0.4, -0.2) is 58.2 Å². The summed E-state index contributed by atoms with van der Waals surface area (Å²) in [6.45, 7) is 3.09. The number of nitrogens with zero attached hydrogens (tertiary/aromatic N) is 3. The molecule has 3 heterocycles. The van der Waals surface area contributed by atoms with Crippen molar-refractivity contribution in [2.45, 2.75) is 19.4 Å². The first-order valence-corrected chi connectivity index (χ1v) is 7.77. The largest absolute Gasteiger partial charge is 0.453 e. The molecule has 24 heavy (non-hydrogen) atoms. The summed E-state index contributed by atoms with van der Waals surface area (Å²) in [5, 5.41) is 5.63. The van der Waals surface area contributed by atoms with E-state index in [1.54, 1.807) is 17.2 Å². The van der Waals surface area contributed by atoms with Crippen LogP contribution in [-0.2, 0) is 4.74 Å². The Labute approximate surface area is 138 Å². The lowest BCUT2D eigenvalue weighted by Crippen LogP contribution is -2.52. The van der Waals surface area contributed by atoms with Crippen LogP contribution in [0.2, 0.25) is 0 Å². The predicted octanol–water partition coefficient (Wildman–Crippen LogP) is 1.56. The van der Waals surface area contributed by atoms with Crippen molar-refractivity contribution in [3.05, 3.63) is 18.5 Å². The molecule has 0 radical (unpaired) electrons. The Morgan fingerprint density at radius 1 is 1.46 bits per heavy atom. The average molecular weight is 332 g/mol. The second-order valence-corrected chi connectivity index (χ2v) is 5.85. The molecule has 2 aromatic heterocycles. The standard InChI is InChI=1S/C15H20N6O3/c1-9-8-21(15(23)24-2)6-4-10(9)19-14(22)20-12-7-17-13-11(18-12)3-5-16-13/h3,5,7,9-10H,4,6,8H2,1-2H3,(H,16,17)(H2,18,19,20,22)/t9-,10+/m1/s1. The maximum atomic E-state index is 12.2. The molecule has 0 aromatic carbocycles. The van der Waals surface area contributed by atoms with Gasteiger partial charge in [-0.05, 0) is 18.4 Å². The van der Waals surface area contributed by atoms with Gasteiger partial charge in [-0.25, -0.2) is 19.6 Å². The fourth-order valence-corrected chi connectivity index (χ4v) is 2.87. The van der Waals surface area contributed by atoms with Crippen LogP contribution in [0.1, 0.15) is 13.3 Å². The van der Waals surface area contributed by atoms with Crippen LogP contribution in [0.3, 0.4) is 0 Å². The summed E-state index contributed by atoms with van der Waals surface area (Å²) >= 11 is 0. The van der Waals surface area contributed by atoms with Gasteiger partial charge in [0, 0.05) is 25.3 Å². The summed E-state index contributed by atoms with van der Waals surface area (Å²) in [7, 11) is 1.37. The number of carbonyl (C=O) groups excluding carboxylic acids is 2. The highest BCUT2D eigenvalue weighted by molar-refractivity contribution is 5.89. The van der Waals surface area contributed by atoms with Gasteiger partial charge in [-0.2, -0.15) is 0 Å². The van der Waals surface area contributed by atoms with Gasteiger partial charge in [0.15, 0.2) is 11.5 Å². The lowest BCUT2D eigenvalue weighted by Gasteiger charge is -2.36. The number of aromatic amines is 1. The molecular formula is C15H20N6O3. The Morgan fingerprint density at radius 2 is 2.29 bits per heavy atom.